The quantitative estimate of drug-likeness (QED) is 0.832. The normalized spacial score (nSPS) is 11.8. The Morgan fingerprint density at radius 3 is 2.86 bits per heavy atom. The van der Waals surface area contributed by atoms with Crippen molar-refractivity contribution in [3.05, 3.63) is 47.1 Å². The van der Waals surface area contributed by atoms with Gasteiger partial charge in [-0.3, -0.25) is 4.79 Å². The summed E-state index contributed by atoms with van der Waals surface area (Å²) in [6.07, 6.45) is 1.66. The first-order chi connectivity index (χ1) is 10.5. The monoisotopic (exact) mass is 336 g/mol. The summed E-state index contributed by atoms with van der Waals surface area (Å²) in [5.74, 6) is 0.502. The number of anilines is 1. The number of nitrogens with one attached hydrogen (secondary N) is 1. The molecule has 0 bridgehead atoms. The number of pyridine rings is 1. The molecule has 2 aromatic rings. The Hall–Kier alpha value is -1.72. The van der Waals surface area contributed by atoms with E-state index in [0.717, 1.165) is 5.56 Å². The molecule has 2 rings (SSSR count). The van der Waals surface area contributed by atoms with E-state index in [1.165, 1.54) is 11.8 Å². The third-order valence-corrected chi connectivity index (χ3v) is 4.53. The fraction of sp³-hybridized carbons (Fsp3) is 0.250. The first-order valence-electron chi connectivity index (χ1n) is 6.74. The molecule has 0 saturated carbocycles. The van der Waals surface area contributed by atoms with Gasteiger partial charge in [0.15, 0.2) is 0 Å². The van der Waals surface area contributed by atoms with E-state index in [-0.39, 0.29) is 11.2 Å². The zero-order valence-corrected chi connectivity index (χ0v) is 14.2. The maximum atomic E-state index is 12.3. The van der Waals surface area contributed by atoms with Gasteiger partial charge in [-0.05, 0) is 43.7 Å². The molecule has 1 N–H and O–H groups in total. The number of benzene rings is 1. The van der Waals surface area contributed by atoms with Crippen molar-refractivity contribution < 1.29 is 9.53 Å². The lowest BCUT2D eigenvalue weighted by Gasteiger charge is -2.14. The van der Waals surface area contributed by atoms with E-state index in [1.54, 1.807) is 25.4 Å². The van der Waals surface area contributed by atoms with Crippen molar-refractivity contribution in [1.82, 2.24) is 4.98 Å². The van der Waals surface area contributed by atoms with Crippen LogP contribution in [0.4, 0.5) is 5.69 Å². The van der Waals surface area contributed by atoms with Gasteiger partial charge < -0.3 is 10.1 Å². The smallest absolute Gasteiger partial charge is 0.237 e. The van der Waals surface area contributed by atoms with Crippen LogP contribution in [0.25, 0.3) is 0 Å². The van der Waals surface area contributed by atoms with Gasteiger partial charge >= 0.3 is 0 Å². The molecule has 1 unspecified atom stereocenters. The van der Waals surface area contributed by atoms with Gasteiger partial charge in [-0.2, -0.15) is 0 Å². The van der Waals surface area contributed by atoms with Gasteiger partial charge in [0.1, 0.15) is 10.8 Å². The van der Waals surface area contributed by atoms with Crippen LogP contribution in [0.2, 0.25) is 5.02 Å². The molecule has 0 aliphatic rings. The predicted molar refractivity (Wildman–Crippen MR) is 90.9 cm³/mol. The number of carbonyl (C=O) groups is 1. The summed E-state index contributed by atoms with van der Waals surface area (Å²) >= 11 is 7.39. The number of nitrogens with zero attached hydrogens (tertiary/aromatic N) is 1. The molecule has 0 radical (unpaired) electrons. The Kier molecular flexibility index (Phi) is 5.69. The van der Waals surface area contributed by atoms with Crippen LogP contribution in [0.5, 0.6) is 5.75 Å². The number of carbonyl (C=O) groups excluding carboxylic acids is 1. The lowest BCUT2D eigenvalue weighted by molar-refractivity contribution is -0.115. The topological polar surface area (TPSA) is 51.2 Å². The largest absolute Gasteiger partial charge is 0.495 e. The zero-order valence-electron chi connectivity index (χ0n) is 12.6. The van der Waals surface area contributed by atoms with Gasteiger partial charge in [0.05, 0.1) is 23.1 Å². The van der Waals surface area contributed by atoms with Crippen molar-refractivity contribution in [2.75, 3.05) is 12.4 Å². The summed E-state index contributed by atoms with van der Waals surface area (Å²) in [6.45, 7) is 3.77. The van der Waals surface area contributed by atoms with E-state index < -0.39 is 0 Å². The van der Waals surface area contributed by atoms with Crippen LogP contribution in [0.3, 0.4) is 0 Å². The SMILES string of the molecule is COc1ccc(C)cc1NC(=O)C(C)Sc1ncccc1Cl. The predicted octanol–water partition coefficient (Wildman–Crippen LogP) is 4.17. The second-order valence-electron chi connectivity index (χ2n) is 4.74. The number of rotatable bonds is 5. The number of ether oxygens (including phenoxy) is 1. The molecule has 0 aliphatic heterocycles. The number of amides is 1. The minimum Gasteiger partial charge on any atom is -0.495 e. The van der Waals surface area contributed by atoms with Gasteiger partial charge in [0.25, 0.3) is 0 Å². The summed E-state index contributed by atoms with van der Waals surface area (Å²) in [6, 6.07) is 9.15. The van der Waals surface area contributed by atoms with Gasteiger partial charge in [-0.25, -0.2) is 4.98 Å². The lowest BCUT2D eigenvalue weighted by atomic mass is 10.2. The highest BCUT2D eigenvalue weighted by atomic mass is 35.5. The van der Waals surface area contributed by atoms with Crippen LogP contribution in [0, 0.1) is 6.92 Å². The van der Waals surface area contributed by atoms with E-state index in [9.17, 15) is 4.79 Å². The molecular weight excluding hydrogens is 320 g/mol. The summed E-state index contributed by atoms with van der Waals surface area (Å²) in [4.78, 5) is 16.5. The molecule has 6 heteroatoms. The van der Waals surface area contributed by atoms with Crippen molar-refractivity contribution in [3.63, 3.8) is 0 Å². The zero-order chi connectivity index (χ0) is 16.1. The second kappa shape index (κ2) is 7.51. The number of hydrogen-bond acceptors (Lipinski definition) is 4. The molecule has 22 heavy (non-hydrogen) atoms. The summed E-state index contributed by atoms with van der Waals surface area (Å²) in [5, 5.41) is 3.73. The summed E-state index contributed by atoms with van der Waals surface area (Å²) in [5.41, 5.74) is 1.70. The molecular formula is C16H17ClN2O2S. The Balaban J connectivity index is 2.09. The van der Waals surface area contributed by atoms with Crippen LogP contribution in [0.1, 0.15) is 12.5 Å². The molecule has 116 valence electrons. The first-order valence-corrected chi connectivity index (χ1v) is 7.99. The van der Waals surface area contributed by atoms with Gasteiger partial charge in [-0.15, -0.1) is 0 Å². The van der Waals surface area contributed by atoms with Gasteiger partial charge in [-0.1, -0.05) is 29.4 Å². The van der Waals surface area contributed by atoms with E-state index in [4.69, 9.17) is 16.3 Å². The molecule has 0 fully saturated rings. The fourth-order valence-electron chi connectivity index (χ4n) is 1.83. The number of hydrogen-bond donors (Lipinski definition) is 1. The fourth-order valence-corrected chi connectivity index (χ4v) is 2.89. The van der Waals surface area contributed by atoms with Gasteiger partial charge in [0, 0.05) is 6.20 Å². The molecule has 1 amide bonds. The second-order valence-corrected chi connectivity index (χ2v) is 6.48. The summed E-state index contributed by atoms with van der Waals surface area (Å²) < 4.78 is 5.26. The van der Waals surface area contributed by atoms with E-state index >= 15 is 0 Å². The van der Waals surface area contributed by atoms with Crippen molar-refractivity contribution in [2.24, 2.45) is 0 Å². The number of methoxy groups -OCH3 is 1. The Morgan fingerprint density at radius 2 is 2.18 bits per heavy atom. The number of halogens is 1. The average molecular weight is 337 g/mol. The Labute approximate surface area is 139 Å². The third-order valence-electron chi connectivity index (χ3n) is 3.00. The van der Waals surface area contributed by atoms with Crippen molar-refractivity contribution in [2.45, 2.75) is 24.1 Å². The van der Waals surface area contributed by atoms with Crippen molar-refractivity contribution >= 4 is 35.0 Å². The molecule has 1 atom stereocenters. The van der Waals surface area contributed by atoms with E-state index in [0.29, 0.717) is 21.5 Å². The van der Waals surface area contributed by atoms with Crippen molar-refractivity contribution in [1.29, 1.82) is 0 Å². The molecule has 1 aromatic carbocycles. The van der Waals surface area contributed by atoms with E-state index in [2.05, 4.69) is 10.3 Å². The number of aryl methyl sites for hydroxylation is 1. The maximum Gasteiger partial charge on any atom is 0.237 e. The van der Waals surface area contributed by atoms with Crippen LogP contribution >= 0.6 is 23.4 Å². The minimum atomic E-state index is -0.336. The van der Waals surface area contributed by atoms with Crippen molar-refractivity contribution in [3.8, 4) is 5.75 Å². The number of aromatic nitrogens is 1. The molecule has 0 aliphatic carbocycles. The lowest BCUT2D eigenvalue weighted by Crippen LogP contribution is -2.22. The Morgan fingerprint density at radius 1 is 1.41 bits per heavy atom. The molecule has 1 heterocycles. The third kappa shape index (κ3) is 4.15. The molecule has 1 aromatic heterocycles. The highest BCUT2D eigenvalue weighted by molar-refractivity contribution is 8.00. The molecule has 0 saturated heterocycles. The van der Waals surface area contributed by atoms with Crippen LogP contribution in [0.15, 0.2) is 41.6 Å². The highest BCUT2D eigenvalue weighted by Crippen LogP contribution is 2.30. The van der Waals surface area contributed by atoms with Gasteiger partial charge in [0.2, 0.25) is 5.91 Å². The standard InChI is InChI=1S/C16H17ClN2O2S/c1-10-6-7-14(21-3)13(9-10)19-15(20)11(2)22-16-12(17)5-4-8-18-16/h4-9,11H,1-3H3,(H,19,20). The maximum absolute atomic E-state index is 12.3. The van der Waals surface area contributed by atoms with Crippen LogP contribution in [-0.4, -0.2) is 23.3 Å². The minimum absolute atomic E-state index is 0.129. The number of thioether (sulfide) groups is 1. The van der Waals surface area contributed by atoms with Crippen LogP contribution < -0.4 is 10.1 Å². The molecule has 4 nitrogen and oxygen atoms in total. The highest BCUT2D eigenvalue weighted by Gasteiger charge is 2.18. The average Bonchev–Trinajstić information content (AvgIpc) is 2.49. The molecule has 0 spiro atoms. The summed E-state index contributed by atoms with van der Waals surface area (Å²) in [7, 11) is 1.58. The van der Waals surface area contributed by atoms with Crippen LogP contribution in [-0.2, 0) is 4.79 Å². The van der Waals surface area contributed by atoms with E-state index in [1.807, 2.05) is 32.0 Å². The first kappa shape index (κ1) is 16.6. The Bertz CT molecular complexity index is 679.